The fourth-order valence-corrected chi connectivity index (χ4v) is 2.38. The maximum atomic E-state index is 9.29. The summed E-state index contributed by atoms with van der Waals surface area (Å²) < 4.78 is 5.82. The molecule has 0 atom stereocenters. The lowest BCUT2D eigenvalue weighted by atomic mass is 10.1. The molecule has 0 saturated carbocycles. The largest absolute Gasteiger partial charge is 0.508 e. The number of rotatable bonds is 5. The summed E-state index contributed by atoms with van der Waals surface area (Å²) in [6.45, 7) is 8.32. The Balaban J connectivity index is 2.06. The Bertz CT molecular complexity index is 571. The van der Waals surface area contributed by atoms with Gasteiger partial charge in [-0.25, -0.2) is 0 Å². The van der Waals surface area contributed by atoms with Crippen LogP contribution in [-0.4, -0.2) is 19.4 Å². The van der Waals surface area contributed by atoms with Gasteiger partial charge in [0.05, 0.1) is 6.23 Å². The first-order valence-electron chi connectivity index (χ1n) is 6.66. The van der Waals surface area contributed by atoms with E-state index in [0.29, 0.717) is 0 Å². The van der Waals surface area contributed by atoms with Crippen LogP contribution in [0.4, 0.5) is 0 Å². The summed E-state index contributed by atoms with van der Waals surface area (Å²) in [5.74, 6) is 1.17. The fraction of sp³-hybridized carbons (Fsp3) is 0.176. The number of phenols is 1. The van der Waals surface area contributed by atoms with Gasteiger partial charge in [0, 0.05) is 0 Å². The second-order valence-electron chi connectivity index (χ2n) is 5.55. The summed E-state index contributed by atoms with van der Waals surface area (Å²) in [6, 6.07) is 15.2. The number of ether oxygens (including phenoxy) is 1. The van der Waals surface area contributed by atoms with Gasteiger partial charge in [-0.15, -0.1) is 6.58 Å². The molecule has 2 aromatic carbocycles. The summed E-state index contributed by atoms with van der Waals surface area (Å²) in [5, 5.41) is 9.29. The summed E-state index contributed by atoms with van der Waals surface area (Å²) in [6.07, 6.45) is 0.745. The third-order valence-corrected chi connectivity index (χ3v) is 5.21. The molecule has 0 aliphatic heterocycles. The van der Waals surface area contributed by atoms with E-state index in [2.05, 4.69) is 19.7 Å². The van der Waals surface area contributed by atoms with E-state index in [0.717, 1.165) is 23.1 Å². The van der Waals surface area contributed by atoms with Crippen molar-refractivity contribution in [3.63, 3.8) is 0 Å². The lowest BCUT2D eigenvalue weighted by Gasteiger charge is -2.17. The second-order valence-corrected chi connectivity index (χ2v) is 10.2. The summed E-state index contributed by atoms with van der Waals surface area (Å²) >= 11 is 0. The van der Waals surface area contributed by atoms with Gasteiger partial charge < -0.3 is 9.84 Å². The number of phenolic OH excluding ortho intramolecular Hbond substituents is 1. The van der Waals surface area contributed by atoms with Crippen LogP contribution in [0.2, 0.25) is 13.1 Å². The van der Waals surface area contributed by atoms with Crippen molar-refractivity contribution in [1.82, 2.24) is 0 Å². The minimum absolute atomic E-state index is 0.283. The van der Waals surface area contributed by atoms with Crippen molar-refractivity contribution in [2.24, 2.45) is 0 Å². The van der Waals surface area contributed by atoms with E-state index >= 15 is 0 Å². The van der Waals surface area contributed by atoms with Gasteiger partial charge >= 0.3 is 0 Å². The zero-order chi connectivity index (χ0) is 14.6. The Morgan fingerprint density at radius 2 is 1.50 bits per heavy atom. The highest BCUT2D eigenvalue weighted by molar-refractivity contribution is 6.82. The average molecular weight is 284 g/mol. The van der Waals surface area contributed by atoms with Gasteiger partial charge in [0.15, 0.2) is 0 Å². The second kappa shape index (κ2) is 5.97. The predicted octanol–water partition coefficient (Wildman–Crippen LogP) is 4.41. The standard InChI is InChI=1S/C17H20O2Si/c1-4-20(2,3)13-19-17-11-7-15(8-12-17)14-5-9-16(18)10-6-14/h4-12,18H,1,13H2,2-3H3. The third kappa shape index (κ3) is 3.74. The molecule has 0 bridgehead atoms. The van der Waals surface area contributed by atoms with Gasteiger partial charge in [0.25, 0.3) is 0 Å². The molecule has 2 nitrogen and oxygen atoms in total. The van der Waals surface area contributed by atoms with Crippen molar-refractivity contribution >= 4 is 8.07 Å². The number of hydrogen-bond donors (Lipinski definition) is 1. The van der Waals surface area contributed by atoms with Crippen LogP contribution in [0.15, 0.2) is 60.8 Å². The third-order valence-electron chi connectivity index (χ3n) is 3.22. The average Bonchev–Trinajstić information content (AvgIpc) is 2.47. The van der Waals surface area contributed by atoms with Crippen LogP contribution in [0.5, 0.6) is 11.5 Å². The van der Waals surface area contributed by atoms with E-state index in [1.165, 1.54) is 0 Å². The van der Waals surface area contributed by atoms with Crippen LogP contribution < -0.4 is 4.74 Å². The zero-order valence-electron chi connectivity index (χ0n) is 12.0. The highest BCUT2D eigenvalue weighted by Crippen LogP contribution is 2.24. The topological polar surface area (TPSA) is 29.5 Å². The Morgan fingerprint density at radius 1 is 1.00 bits per heavy atom. The van der Waals surface area contributed by atoms with Crippen molar-refractivity contribution < 1.29 is 9.84 Å². The van der Waals surface area contributed by atoms with Gasteiger partial charge in [-0.2, -0.15) is 0 Å². The summed E-state index contributed by atoms with van der Waals surface area (Å²) in [7, 11) is -1.43. The maximum absolute atomic E-state index is 9.29. The molecular weight excluding hydrogens is 264 g/mol. The molecule has 0 saturated heterocycles. The van der Waals surface area contributed by atoms with E-state index in [4.69, 9.17) is 4.74 Å². The quantitative estimate of drug-likeness (QED) is 0.824. The molecule has 2 rings (SSSR count). The van der Waals surface area contributed by atoms with Crippen molar-refractivity contribution in [1.29, 1.82) is 0 Å². The molecule has 0 heterocycles. The molecule has 0 aromatic heterocycles. The monoisotopic (exact) mass is 284 g/mol. The van der Waals surface area contributed by atoms with Gasteiger partial charge in [0.1, 0.15) is 19.6 Å². The molecule has 104 valence electrons. The molecule has 0 spiro atoms. The van der Waals surface area contributed by atoms with Gasteiger partial charge in [-0.3, -0.25) is 0 Å². The highest BCUT2D eigenvalue weighted by Gasteiger charge is 2.16. The minimum atomic E-state index is -1.43. The molecule has 0 aliphatic carbocycles. The minimum Gasteiger partial charge on any atom is -0.508 e. The van der Waals surface area contributed by atoms with Crippen LogP contribution in [0, 0.1) is 0 Å². The van der Waals surface area contributed by atoms with Gasteiger partial charge in [-0.05, 0) is 35.4 Å². The first kappa shape index (κ1) is 14.4. The highest BCUT2D eigenvalue weighted by atomic mass is 28.3. The molecule has 0 fully saturated rings. The van der Waals surface area contributed by atoms with Gasteiger partial charge in [0.2, 0.25) is 0 Å². The zero-order valence-corrected chi connectivity index (χ0v) is 13.0. The maximum Gasteiger partial charge on any atom is 0.118 e. The first-order chi connectivity index (χ1) is 9.50. The lowest BCUT2D eigenvalue weighted by Crippen LogP contribution is -2.31. The van der Waals surface area contributed by atoms with Crippen LogP contribution in [0.25, 0.3) is 11.1 Å². The predicted molar refractivity (Wildman–Crippen MR) is 86.7 cm³/mol. The molecule has 20 heavy (non-hydrogen) atoms. The van der Waals surface area contributed by atoms with E-state index in [1.54, 1.807) is 12.1 Å². The van der Waals surface area contributed by atoms with Crippen LogP contribution >= 0.6 is 0 Å². The molecular formula is C17H20O2Si. The Hall–Kier alpha value is -2.00. The normalized spacial score (nSPS) is 11.1. The van der Waals surface area contributed by atoms with E-state index in [1.807, 2.05) is 42.1 Å². The SMILES string of the molecule is C=C[Si](C)(C)COc1ccc(-c2ccc(O)cc2)cc1. The van der Waals surface area contributed by atoms with Crippen LogP contribution in [-0.2, 0) is 0 Å². The van der Waals surface area contributed by atoms with Crippen molar-refractivity contribution in [3.8, 4) is 22.6 Å². The Labute approximate surface area is 121 Å². The van der Waals surface area contributed by atoms with E-state index in [-0.39, 0.29) is 5.75 Å². The number of benzene rings is 2. The number of aromatic hydroxyl groups is 1. The molecule has 0 radical (unpaired) electrons. The van der Waals surface area contributed by atoms with Crippen molar-refractivity contribution in [2.45, 2.75) is 13.1 Å². The number of hydrogen-bond acceptors (Lipinski definition) is 2. The summed E-state index contributed by atoms with van der Waals surface area (Å²) in [4.78, 5) is 0. The van der Waals surface area contributed by atoms with Gasteiger partial charge in [-0.1, -0.05) is 43.1 Å². The Morgan fingerprint density at radius 3 is 2.00 bits per heavy atom. The fourth-order valence-electron chi connectivity index (χ4n) is 1.73. The van der Waals surface area contributed by atoms with Crippen molar-refractivity contribution in [3.05, 3.63) is 60.8 Å². The molecule has 3 heteroatoms. The van der Waals surface area contributed by atoms with E-state index in [9.17, 15) is 5.11 Å². The van der Waals surface area contributed by atoms with E-state index < -0.39 is 8.07 Å². The smallest absolute Gasteiger partial charge is 0.118 e. The molecule has 0 amide bonds. The van der Waals surface area contributed by atoms with Crippen LogP contribution in [0.3, 0.4) is 0 Å². The molecule has 2 aromatic rings. The lowest BCUT2D eigenvalue weighted by molar-refractivity contribution is 0.379. The molecule has 0 aliphatic rings. The summed E-state index contributed by atoms with van der Waals surface area (Å²) in [5.41, 5.74) is 4.23. The molecule has 0 unspecified atom stereocenters. The molecule has 1 N–H and O–H groups in total. The van der Waals surface area contributed by atoms with Crippen molar-refractivity contribution in [2.75, 3.05) is 6.23 Å². The first-order valence-corrected chi connectivity index (χ1v) is 9.94. The Kier molecular flexibility index (Phi) is 4.30. The van der Waals surface area contributed by atoms with Crippen LogP contribution in [0.1, 0.15) is 0 Å².